The summed E-state index contributed by atoms with van der Waals surface area (Å²) in [6.45, 7) is 11.0. The van der Waals surface area contributed by atoms with E-state index < -0.39 is 0 Å². The van der Waals surface area contributed by atoms with Gasteiger partial charge in [-0.25, -0.2) is 0 Å². The van der Waals surface area contributed by atoms with Gasteiger partial charge in [0.25, 0.3) is 5.91 Å². The topological polar surface area (TPSA) is 43.9 Å². The molecule has 0 radical (unpaired) electrons. The number of piperidine rings is 1. The first-order valence-electron chi connectivity index (χ1n) is 10.4. The van der Waals surface area contributed by atoms with Crippen molar-refractivity contribution in [2.24, 2.45) is 5.92 Å². The maximum absolute atomic E-state index is 12.8. The summed E-state index contributed by atoms with van der Waals surface area (Å²) in [6.07, 6.45) is 3.20. The zero-order chi connectivity index (χ0) is 19.4. The van der Waals surface area contributed by atoms with Crippen molar-refractivity contribution in [2.75, 3.05) is 39.3 Å². The van der Waals surface area contributed by atoms with Crippen LogP contribution in [-0.2, 0) is 11.2 Å². The van der Waals surface area contributed by atoms with Crippen LogP contribution in [0.3, 0.4) is 0 Å². The molecule has 2 fully saturated rings. The normalized spacial score (nSPS) is 20.6. The number of hydrogen-bond acceptors (Lipinski definition) is 3. The lowest BCUT2D eigenvalue weighted by Crippen LogP contribution is -2.56. The van der Waals surface area contributed by atoms with E-state index in [1.165, 1.54) is 5.56 Å². The third-order valence-corrected chi connectivity index (χ3v) is 6.21. The van der Waals surface area contributed by atoms with Crippen LogP contribution in [0, 0.1) is 5.92 Å². The van der Waals surface area contributed by atoms with Crippen LogP contribution in [0.1, 0.15) is 49.5 Å². The lowest BCUT2D eigenvalue weighted by Gasteiger charge is -2.40. The Labute approximate surface area is 163 Å². The van der Waals surface area contributed by atoms with Gasteiger partial charge in [0.2, 0.25) is 5.91 Å². The van der Waals surface area contributed by atoms with Crippen molar-refractivity contribution < 1.29 is 9.59 Å². The summed E-state index contributed by atoms with van der Waals surface area (Å²) < 4.78 is 0. The summed E-state index contributed by atoms with van der Waals surface area (Å²) in [5.41, 5.74) is 2.00. The second kappa shape index (κ2) is 8.87. The molecule has 148 valence electrons. The molecule has 3 rings (SSSR count). The number of likely N-dealkylation sites (tertiary alicyclic amines) is 1. The first-order chi connectivity index (χ1) is 13.0. The van der Waals surface area contributed by atoms with Gasteiger partial charge in [-0.05, 0) is 49.8 Å². The van der Waals surface area contributed by atoms with Gasteiger partial charge in [-0.3, -0.25) is 14.5 Å². The number of piperazine rings is 1. The molecule has 0 aliphatic carbocycles. The first kappa shape index (κ1) is 19.9. The van der Waals surface area contributed by atoms with E-state index in [0.29, 0.717) is 13.1 Å². The Balaban J connectivity index is 1.51. The Morgan fingerprint density at radius 1 is 0.963 bits per heavy atom. The predicted octanol–water partition coefficient (Wildman–Crippen LogP) is 2.65. The van der Waals surface area contributed by atoms with Crippen molar-refractivity contribution in [3.05, 3.63) is 35.4 Å². The van der Waals surface area contributed by atoms with Crippen molar-refractivity contribution >= 4 is 11.8 Å². The minimum Gasteiger partial charge on any atom is -0.341 e. The van der Waals surface area contributed by atoms with Crippen LogP contribution in [0.5, 0.6) is 0 Å². The Bertz CT molecular complexity index is 642. The van der Waals surface area contributed by atoms with E-state index in [9.17, 15) is 9.59 Å². The molecule has 1 aromatic carbocycles. The molecular weight excluding hydrogens is 338 g/mol. The van der Waals surface area contributed by atoms with Crippen LogP contribution in [0.25, 0.3) is 0 Å². The van der Waals surface area contributed by atoms with Gasteiger partial charge < -0.3 is 9.80 Å². The maximum Gasteiger partial charge on any atom is 0.253 e. The van der Waals surface area contributed by atoms with Gasteiger partial charge in [0.15, 0.2) is 0 Å². The lowest BCUT2D eigenvalue weighted by atomic mass is 9.98. The van der Waals surface area contributed by atoms with E-state index in [4.69, 9.17) is 0 Å². The van der Waals surface area contributed by atoms with Crippen molar-refractivity contribution in [1.82, 2.24) is 14.7 Å². The fourth-order valence-electron chi connectivity index (χ4n) is 4.03. The molecule has 2 heterocycles. The van der Waals surface area contributed by atoms with Gasteiger partial charge in [-0.15, -0.1) is 0 Å². The molecule has 5 nitrogen and oxygen atoms in total. The fourth-order valence-corrected chi connectivity index (χ4v) is 4.03. The molecule has 27 heavy (non-hydrogen) atoms. The Hall–Kier alpha value is -1.88. The highest BCUT2D eigenvalue weighted by Crippen LogP contribution is 2.19. The average Bonchev–Trinajstić information content (AvgIpc) is 2.73. The molecule has 2 amide bonds. The molecule has 1 unspecified atom stereocenters. The molecule has 2 aliphatic rings. The van der Waals surface area contributed by atoms with Crippen LogP contribution >= 0.6 is 0 Å². The van der Waals surface area contributed by atoms with Crippen LogP contribution < -0.4 is 0 Å². The Kier molecular flexibility index (Phi) is 6.53. The minimum atomic E-state index is -0.0977. The summed E-state index contributed by atoms with van der Waals surface area (Å²) in [4.78, 5) is 31.7. The second-order valence-electron chi connectivity index (χ2n) is 8.06. The second-order valence-corrected chi connectivity index (χ2v) is 8.06. The summed E-state index contributed by atoms with van der Waals surface area (Å²) in [5, 5.41) is 0. The smallest absolute Gasteiger partial charge is 0.253 e. The number of hydrogen-bond donors (Lipinski definition) is 0. The third kappa shape index (κ3) is 4.70. The number of amides is 2. The molecule has 2 aliphatic heterocycles. The van der Waals surface area contributed by atoms with E-state index >= 15 is 0 Å². The standard InChI is InChI=1S/C22H33N3O2/c1-4-19-5-7-20(8-6-19)22(27)25-15-13-23(14-16-25)18(3)21(26)24-11-9-17(2)10-12-24/h5-8,17-18H,4,9-16H2,1-3H3. The average molecular weight is 372 g/mol. The molecule has 1 atom stereocenters. The van der Waals surface area contributed by atoms with E-state index in [2.05, 4.69) is 18.7 Å². The van der Waals surface area contributed by atoms with Crippen LogP contribution in [0.4, 0.5) is 0 Å². The van der Waals surface area contributed by atoms with Gasteiger partial charge >= 0.3 is 0 Å². The summed E-state index contributed by atoms with van der Waals surface area (Å²) in [5.74, 6) is 1.07. The maximum atomic E-state index is 12.8. The predicted molar refractivity (Wildman–Crippen MR) is 108 cm³/mol. The third-order valence-electron chi connectivity index (χ3n) is 6.21. The van der Waals surface area contributed by atoms with Crippen molar-refractivity contribution in [2.45, 2.75) is 46.1 Å². The number of benzene rings is 1. The van der Waals surface area contributed by atoms with E-state index in [0.717, 1.165) is 56.9 Å². The zero-order valence-electron chi connectivity index (χ0n) is 17.0. The summed E-state index contributed by atoms with van der Waals surface area (Å²) in [7, 11) is 0. The first-order valence-corrected chi connectivity index (χ1v) is 10.4. The van der Waals surface area contributed by atoms with Gasteiger partial charge in [0.05, 0.1) is 6.04 Å². The largest absolute Gasteiger partial charge is 0.341 e. The summed E-state index contributed by atoms with van der Waals surface area (Å²) in [6, 6.07) is 7.82. The number of nitrogens with zero attached hydrogens (tertiary/aromatic N) is 3. The van der Waals surface area contributed by atoms with Gasteiger partial charge in [-0.2, -0.15) is 0 Å². The Morgan fingerprint density at radius 3 is 2.11 bits per heavy atom. The Morgan fingerprint density at radius 2 is 1.56 bits per heavy atom. The van der Waals surface area contributed by atoms with Gasteiger partial charge in [0, 0.05) is 44.8 Å². The highest BCUT2D eigenvalue weighted by Gasteiger charge is 2.31. The molecule has 2 saturated heterocycles. The van der Waals surface area contributed by atoms with Crippen LogP contribution in [-0.4, -0.2) is 71.8 Å². The molecule has 0 aromatic heterocycles. The SMILES string of the molecule is CCc1ccc(C(=O)N2CCN(C(C)C(=O)N3CCC(C)CC3)CC2)cc1. The lowest BCUT2D eigenvalue weighted by molar-refractivity contribution is -0.138. The highest BCUT2D eigenvalue weighted by molar-refractivity contribution is 5.94. The monoisotopic (exact) mass is 371 g/mol. The van der Waals surface area contributed by atoms with E-state index in [-0.39, 0.29) is 17.9 Å². The minimum absolute atomic E-state index is 0.0977. The van der Waals surface area contributed by atoms with Crippen LogP contribution in [0.15, 0.2) is 24.3 Å². The highest BCUT2D eigenvalue weighted by atomic mass is 16.2. The molecule has 0 saturated carbocycles. The molecular formula is C22H33N3O2. The molecule has 0 spiro atoms. The number of rotatable bonds is 4. The molecule has 0 bridgehead atoms. The van der Waals surface area contributed by atoms with Gasteiger partial charge in [0.1, 0.15) is 0 Å². The quantitative estimate of drug-likeness (QED) is 0.817. The number of aryl methyl sites for hydroxylation is 1. The number of carbonyl (C=O) groups excluding carboxylic acids is 2. The van der Waals surface area contributed by atoms with Gasteiger partial charge in [-0.1, -0.05) is 26.0 Å². The zero-order valence-corrected chi connectivity index (χ0v) is 17.0. The van der Waals surface area contributed by atoms with Crippen molar-refractivity contribution in [3.63, 3.8) is 0 Å². The van der Waals surface area contributed by atoms with E-state index in [1.54, 1.807) is 0 Å². The summed E-state index contributed by atoms with van der Waals surface area (Å²) >= 11 is 0. The fraction of sp³-hybridized carbons (Fsp3) is 0.636. The molecule has 1 aromatic rings. The number of carbonyl (C=O) groups is 2. The van der Waals surface area contributed by atoms with Crippen molar-refractivity contribution in [1.29, 1.82) is 0 Å². The van der Waals surface area contributed by atoms with Crippen molar-refractivity contribution in [3.8, 4) is 0 Å². The van der Waals surface area contributed by atoms with E-state index in [1.807, 2.05) is 41.0 Å². The van der Waals surface area contributed by atoms with Crippen LogP contribution in [0.2, 0.25) is 0 Å². The molecule has 0 N–H and O–H groups in total. The molecule has 5 heteroatoms.